The molecule has 0 saturated heterocycles. The highest BCUT2D eigenvalue weighted by Gasteiger charge is 2.79. The number of ether oxygens (including phenoxy) is 1. The lowest BCUT2D eigenvalue weighted by atomic mass is 9.50. The monoisotopic (exact) mass is 591 g/mol. The maximum absolute atomic E-state index is 15.1. The highest BCUT2D eigenvalue weighted by molar-refractivity contribution is 5.93. The minimum Gasteiger partial charge on any atom is -0.436 e. The standard InChI is InChI=1S/C32H34F5NO4/c1-3-38-28(40)42-16-4-5-19-6-8-20(9-7-19)25-18-29(2)26(14-15-30(29,41)31(33,34)32(35,36)37)24-12-10-21-17-22(39)11-13-23(21)27(24)25/h6-9,17,24-26,41H,3,10-16,18H2,1-2H3,(H,38,40)/t24-,25+,26-,29-,30-/m0/s1. The van der Waals surface area contributed by atoms with Crippen LogP contribution in [0.5, 0.6) is 0 Å². The molecule has 4 aliphatic carbocycles. The third kappa shape index (κ3) is 4.83. The molecule has 0 spiro atoms. The summed E-state index contributed by atoms with van der Waals surface area (Å²) in [5.74, 6) is -0.942. The molecule has 42 heavy (non-hydrogen) atoms. The Kier molecular flexibility index (Phi) is 7.80. The van der Waals surface area contributed by atoms with Gasteiger partial charge in [0.05, 0.1) is 0 Å². The summed E-state index contributed by atoms with van der Waals surface area (Å²) in [5, 5.41) is 13.9. The molecule has 5 nitrogen and oxygen atoms in total. The number of halogens is 5. The van der Waals surface area contributed by atoms with E-state index in [1.54, 1.807) is 37.3 Å². The van der Waals surface area contributed by atoms with Crippen LogP contribution in [0.2, 0.25) is 0 Å². The lowest BCUT2D eigenvalue weighted by Gasteiger charge is -2.56. The summed E-state index contributed by atoms with van der Waals surface area (Å²) in [7, 11) is 0. The normalized spacial score (nSPS) is 30.8. The van der Waals surface area contributed by atoms with Crippen LogP contribution in [0.4, 0.5) is 26.7 Å². The maximum atomic E-state index is 15.1. The van der Waals surface area contributed by atoms with Crippen molar-refractivity contribution in [1.82, 2.24) is 5.32 Å². The number of hydrogen-bond acceptors (Lipinski definition) is 4. The van der Waals surface area contributed by atoms with Crippen LogP contribution in [0.25, 0.3) is 0 Å². The molecular weight excluding hydrogens is 557 g/mol. The van der Waals surface area contributed by atoms with Crippen LogP contribution in [0, 0.1) is 29.1 Å². The number of carbonyl (C=O) groups is 2. The lowest BCUT2D eigenvalue weighted by Crippen LogP contribution is -2.65. The van der Waals surface area contributed by atoms with Crippen molar-refractivity contribution in [1.29, 1.82) is 0 Å². The first kappa shape index (κ1) is 30.3. The molecule has 5 atom stereocenters. The van der Waals surface area contributed by atoms with Gasteiger partial charge >= 0.3 is 18.2 Å². The van der Waals surface area contributed by atoms with E-state index in [-0.39, 0.29) is 31.1 Å². The lowest BCUT2D eigenvalue weighted by molar-refractivity contribution is -0.362. The largest absolute Gasteiger partial charge is 0.456 e. The van der Waals surface area contributed by atoms with Gasteiger partial charge in [0.15, 0.2) is 12.4 Å². The van der Waals surface area contributed by atoms with Gasteiger partial charge in [-0.05, 0) is 92.2 Å². The fraction of sp³-hybridized carbons (Fsp3) is 0.562. The summed E-state index contributed by atoms with van der Waals surface area (Å²) in [6, 6.07) is 7.04. The van der Waals surface area contributed by atoms with E-state index in [0.717, 1.165) is 22.3 Å². The molecule has 2 fully saturated rings. The Hall–Kier alpha value is -3.19. The number of rotatable bonds is 4. The number of fused-ring (bicyclic) bond motifs is 4. The van der Waals surface area contributed by atoms with Crippen molar-refractivity contribution >= 4 is 11.9 Å². The van der Waals surface area contributed by atoms with Gasteiger partial charge in [-0.1, -0.05) is 36.5 Å². The van der Waals surface area contributed by atoms with Crippen molar-refractivity contribution in [2.24, 2.45) is 17.3 Å². The highest BCUT2D eigenvalue weighted by Crippen LogP contribution is 2.70. The van der Waals surface area contributed by atoms with Gasteiger partial charge in [0.25, 0.3) is 0 Å². The van der Waals surface area contributed by atoms with Gasteiger partial charge in [0, 0.05) is 29.9 Å². The summed E-state index contributed by atoms with van der Waals surface area (Å²) >= 11 is 0. The van der Waals surface area contributed by atoms with Crippen molar-refractivity contribution < 1.29 is 41.4 Å². The number of aliphatic hydroxyl groups is 1. The SMILES string of the molecule is CCNC(=O)OCC#Cc1ccc([C@H]2C[C@@]3(C)[C@@H](CC[C@@]3(O)C(F)(F)C(F)(F)F)[C@@H]3CCC4=CC(=O)CCC4=C32)cc1. The van der Waals surface area contributed by atoms with Crippen LogP contribution in [-0.2, 0) is 9.53 Å². The molecule has 0 heterocycles. The number of amides is 1. The fourth-order valence-corrected chi connectivity index (χ4v) is 7.95. The van der Waals surface area contributed by atoms with E-state index in [1.165, 1.54) is 6.92 Å². The average molecular weight is 592 g/mol. The Morgan fingerprint density at radius 2 is 1.83 bits per heavy atom. The number of ketones is 1. The van der Waals surface area contributed by atoms with Crippen LogP contribution in [0.15, 0.2) is 47.1 Å². The van der Waals surface area contributed by atoms with Crippen molar-refractivity contribution in [2.45, 2.75) is 82.4 Å². The summed E-state index contributed by atoms with van der Waals surface area (Å²) in [4.78, 5) is 23.6. The first-order valence-corrected chi connectivity index (χ1v) is 14.4. The average Bonchev–Trinajstić information content (AvgIpc) is 3.21. The van der Waals surface area contributed by atoms with E-state index in [9.17, 15) is 27.9 Å². The van der Waals surface area contributed by atoms with E-state index in [4.69, 9.17) is 4.74 Å². The summed E-state index contributed by atoms with van der Waals surface area (Å²) < 4.78 is 76.3. The predicted octanol–water partition coefficient (Wildman–Crippen LogP) is 6.61. The number of benzene rings is 1. The molecule has 2 N–H and O–H groups in total. The predicted molar refractivity (Wildman–Crippen MR) is 145 cm³/mol. The van der Waals surface area contributed by atoms with E-state index in [2.05, 4.69) is 17.2 Å². The van der Waals surface area contributed by atoms with Crippen LogP contribution in [-0.4, -0.2) is 47.8 Å². The van der Waals surface area contributed by atoms with Crippen molar-refractivity contribution in [3.05, 3.63) is 58.2 Å². The van der Waals surface area contributed by atoms with Gasteiger partial charge in [-0.15, -0.1) is 0 Å². The Morgan fingerprint density at radius 1 is 1.12 bits per heavy atom. The third-order valence-electron chi connectivity index (χ3n) is 9.90. The molecule has 1 amide bonds. The van der Waals surface area contributed by atoms with Gasteiger partial charge in [0.2, 0.25) is 0 Å². The Morgan fingerprint density at radius 3 is 2.50 bits per heavy atom. The Balaban J connectivity index is 1.54. The molecule has 0 aliphatic heterocycles. The molecule has 0 radical (unpaired) electrons. The zero-order valence-electron chi connectivity index (χ0n) is 23.5. The molecule has 0 unspecified atom stereocenters. The Labute approximate surface area is 241 Å². The van der Waals surface area contributed by atoms with Crippen molar-refractivity contribution in [3.63, 3.8) is 0 Å². The number of alkyl halides is 5. The van der Waals surface area contributed by atoms with E-state index in [1.807, 2.05) is 0 Å². The number of allylic oxidation sites excluding steroid dienone is 4. The molecule has 226 valence electrons. The quantitative estimate of drug-likeness (QED) is 0.305. The molecular formula is C32H34F5NO4. The smallest absolute Gasteiger partial charge is 0.436 e. The van der Waals surface area contributed by atoms with E-state index < -0.39 is 47.5 Å². The summed E-state index contributed by atoms with van der Waals surface area (Å²) in [6.45, 7) is 3.47. The van der Waals surface area contributed by atoms with Crippen molar-refractivity contribution in [3.8, 4) is 11.8 Å². The molecule has 1 aromatic carbocycles. The second kappa shape index (κ2) is 10.8. The first-order chi connectivity index (χ1) is 19.7. The van der Waals surface area contributed by atoms with Crippen LogP contribution >= 0.6 is 0 Å². The van der Waals surface area contributed by atoms with E-state index >= 15 is 8.78 Å². The second-order valence-electron chi connectivity index (χ2n) is 12.0. The van der Waals surface area contributed by atoms with Gasteiger partial charge < -0.3 is 15.2 Å². The van der Waals surface area contributed by atoms with Gasteiger partial charge in [-0.2, -0.15) is 22.0 Å². The molecule has 1 aromatic rings. The second-order valence-corrected chi connectivity index (χ2v) is 12.0. The van der Waals surface area contributed by atoms with Crippen LogP contribution < -0.4 is 5.32 Å². The minimum absolute atomic E-state index is 0.0316. The van der Waals surface area contributed by atoms with Crippen LogP contribution in [0.3, 0.4) is 0 Å². The molecule has 2 saturated carbocycles. The maximum Gasteiger partial charge on any atom is 0.456 e. The van der Waals surface area contributed by atoms with Crippen LogP contribution in [0.1, 0.15) is 75.8 Å². The summed E-state index contributed by atoms with van der Waals surface area (Å²) in [6.07, 6.45) is -3.56. The number of carbonyl (C=O) groups excluding carboxylic acids is 2. The number of alkyl carbamates (subject to hydrolysis) is 1. The summed E-state index contributed by atoms with van der Waals surface area (Å²) in [5.41, 5.74) is -0.653. The van der Waals surface area contributed by atoms with Gasteiger partial charge in [-0.25, -0.2) is 4.79 Å². The zero-order valence-corrected chi connectivity index (χ0v) is 23.5. The third-order valence-corrected chi connectivity index (χ3v) is 9.90. The molecule has 0 aromatic heterocycles. The van der Waals surface area contributed by atoms with Crippen molar-refractivity contribution in [2.75, 3.05) is 13.2 Å². The number of hydrogen-bond donors (Lipinski definition) is 2. The fourth-order valence-electron chi connectivity index (χ4n) is 7.95. The van der Waals surface area contributed by atoms with E-state index in [0.29, 0.717) is 37.8 Å². The Bertz CT molecular complexity index is 1390. The molecule has 10 heteroatoms. The molecule has 0 bridgehead atoms. The first-order valence-electron chi connectivity index (χ1n) is 14.4. The number of nitrogens with one attached hydrogen (secondary N) is 1. The highest BCUT2D eigenvalue weighted by atomic mass is 19.4. The topological polar surface area (TPSA) is 75.6 Å². The minimum atomic E-state index is -5.89. The molecule has 4 aliphatic rings. The zero-order chi connectivity index (χ0) is 30.5. The van der Waals surface area contributed by atoms with Gasteiger partial charge in [-0.3, -0.25) is 4.79 Å². The van der Waals surface area contributed by atoms with Gasteiger partial charge in [0.1, 0.15) is 5.60 Å². The molecule has 5 rings (SSSR count).